The van der Waals surface area contributed by atoms with Gasteiger partial charge in [0.05, 0.1) is 6.10 Å². The molecule has 0 heterocycles. The number of carbonyl (C=O) groups is 2. The number of guanidine groups is 1. The molecule has 2 rings (SSSR count). The molecule has 0 aliphatic heterocycles. The number of amides is 2. The molecular formula is C22H36IN5O3. The molecule has 1 aliphatic carbocycles. The summed E-state index contributed by atoms with van der Waals surface area (Å²) in [7, 11) is 0. The van der Waals surface area contributed by atoms with Crippen LogP contribution in [0.5, 0.6) is 5.75 Å². The minimum Gasteiger partial charge on any atom is -0.491 e. The molecule has 1 aliphatic rings. The largest absolute Gasteiger partial charge is 0.491 e. The van der Waals surface area contributed by atoms with E-state index in [0.717, 1.165) is 24.3 Å². The van der Waals surface area contributed by atoms with Crippen LogP contribution in [-0.2, 0) is 9.59 Å². The number of benzene rings is 1. The number of ether oxygens (including phenoxy) is 1. The highest BCUT2D eigenvalue weighted by molar-refractivity contribution is 14.0. The van der Waals surface area contributed by atoms with E-state index in [1.165, 1.54) is 0 Å². The van der Waals surface area contributed by atoms with Crippen molar-refractivity contribution >= 4 is 47.4 Å². The number of aliphatic imine (C=N–C) groups is 1. The molecule has 1 aromatic rings. The lowest BCUT2D eigenvalue weighted by Gasteiger charge is -2.20. The van der Waals surface area contributed by atoms with Gasteiger partial charge in [0.25, 0.3) is 0 Å². The third-order valence-corrected chi connectivity index (χ3v) is 4.05. The molecule has 1 fully saturated rings. The molecule has 0 saturated heterocycles. The Labute approximate surface area is 202 Å². The van der Waals surface area contributed by atoms with Crippen molar-refractivity contribution in [3.8, 4) is 5.75 Å². The Balaban J connectivity index is 0.00000480. The van der Waals surface area contributed by atoms with Gasteiger partial charge in [-0.25, -0.2) is 4.99 Å². The number of carbonyl (C=O) groups excluding carboxylic acids is 2. The molecule has 174 valence electrons. The van der Waals surface area contributed by atoms with Crippen LogP contribution < -0.4 is 26.0 Å². The van der Waals surface area contributed by atoms with Gasteiger partial charge >= 0.3 is 0 Å². The SMILES string of the molecule is CC(C)Oc1ccc(NC(=NCC(=O)NC(C)(C)C)NCCNC(=O)C2CC2)cc1.I. The fourth-order valence-corrected chi connectivity index (χ4v) is 2.63. The zero-order valence-electron chi connectivity index (χ0n) is 19.1. The molecule has 0 radical (unpaired) electrons. The molecule has 2 amide bonds. The van der Waals surface area contributed by atoms with Crippen molar-refractivity contribution in [2.45, 2.75) is 59.1 Å². The lowest BCUT2D eigenvalue weighted by molar-refractivity contribution is -0.122. The van der Waals surface area contributed by atoms with Crippen molar-refractivity contribution in [1.82, 2.24) is 16.0 Å². The zero-order valence-corrected chi connectivity index (χ0v) is 21.4. The average Bonchev–Trinajstić information content (AvgIpc) is 3.47. The van der Waals surface area contributed by atoms with Crippen LogP contribution in [-0.4, -0.2) is 49.1 Å². The predicted octanol–water partition coefficient (Wildman–Crippen LogP) is 2.89. The Morgan fingerprint density at radius 1 is 1.10 bits per heavy atom. The molecule has 0 unspecified atom stereocenters. The van der Waals surface area contributed by atoms with Crippen LogP contribution >= 0.6 is 24.0 Å². The van der Waals surface area contributed by atoms with Gasteiger partial charge in [0, 0.05) is 30.2 Å². The fourth-order valence-electron chi connectivity index (χ4n) is 2.63. The van der Waals surface area contributed by atoms with Crippen molar-refractivity contribution in [3.05, 3.63) is 24.3 Å². The van der Waals surface area contributed by atoms with Gasteiger partial charge < -0.3 is 26.0 Å². The number of rotatable bonds is 9. The minimum atomic E-state index is -0.313. The number of nitrogens with one attached hydrogen (secondary N) is 4. The summed E-state index contributed by atoms with van der Waals surface area (Å²) >= 11 is 0. The van der Waals surface area contributed by atoms with Crippen molar-refractivity contribution < 1.29 is 14.3 Å². The Kier molecular flexibility index (Phi) is 11.1. The van der Waals surface area contributed by atoms with E-state index in [0.29, 0.717) is 19.0 Å². The van der Waals surface area contributed by atoms with Crippen molar-refractivity contribution in [2.24, 2.45) is 10.9 Å². The summed E-state index contributed by atoms with van der Waals surface area (Å²) in [5.41, 5.74) is 0.503. The number of halogens is 1. The quantitative estimate of drug-likeness (QED) is 0.165. The van der Waals surface area contributed by atoms with Gasteiger partial charge in [-0.1, -0.05) is 0 Å². The highest BCUT2D eigenvalue weighted by Gasteiger charge is 2.28. The predicted molar refractivity (Wildman–Crippen MR) is 135 cm³/mol. The maximum Gasteiger partial charge on any atom is 0.242 e. The fraction of sp³-hybridized carbons (Fsp3) is 0.591. The van der Waals surface area contributed by atoms with E-state index in [1.807, 2.05) is 58.9 Å². The van der Waals surface area contributed by atoms with Gasteiger partial charge in [0.1, 0.15) is 12.3 Å². The Morgan fingerprint density at radius 3 is 2.26 bits per heavy atom. The Bertz CT molecular complexity index is 741. The van der Waals surface area contributed by atoms with Crippen LogP contribution in [0.1, 0.15) is 47.5 Å². The molecule has 9 heteroatoms. The first-order valence-corrected chi connectivity index (χ1v) is 10.5. The van der Waals surface area contributed by atoms with Crippen molar-refractivity contribution in [3.63, 3.8) is 0 Å². The summed E-state index contributed by atoms with van der Waals surface area (Å²) < 4.78 is 5.66. The third-order valence-electron chi connectivity index (χ3n) is 4.05. The lowest BCUT2D eigenvalue weighted by atomic mass is 10.1. The van der Waals surface area contributed by atoms with E-state index >= 15 is 0 Å². The van der Waals surface area contributed by atoms with Crippen LogP contribution in [0, 0.1) is 5.92 Å². The lowest BCUT2D eigenvalue weighted by Crippen LogP contribution is -2.43. The van der Waals surface area contributed by atoms with E-state index in [1.54, 1.807) is 0 Å². The van der Waals surface area contributed by atoms with E-state index in [-0.39, 0.29) is 59.9 Å². The average molecular weight is 545 g/mol. The first-order valence-electron chi connectivity index (χ1n) is 10.5. The second-order valence-electron chi connectivity index (χ2n) is 8.77. The zero-order chi connectivity index (χ0) is 22.1. The highest BCUT2D eigenvalue weighted by Crippen LogP contribution is 2.28. The first kappa shape index (κ1) is 27.0. The van der Waals surface area contributed by atoms with Gasteiger partial charge in [-0.2, -0.15) is 0 Å². The van der Waals surface area contributed by atoms with Crippen LogP contribution in [0.4, 0.5) is 5.69 Å². The summed E-state index contributed by atoms with van der Waals surface area (Å²) in [4.78, 5) is 28.2. The van der Waals surface area contributed by atoms with Crippen molar-refractivity contribution in [2.75, 3.05) is 25.0 Å². The van der Waals surface area contributed by atoms with E-state index in [2.05, 4.69) is 26.3 Å². The second-order valence-corrected chi connectivity index (χ2v) is 8.77. The summed E-state index contributed by atoms with van der Waals surface area (Å²) in [5.74, 6) is 1.38. The second kappa shape index (κ2) is 12.7. The number of anilines is 1. The minimum absolute atomic E-state index is 0. The van der Waals surface area contributed by atoms with Crippen LogP contribution in [0.2, 0.25) is 0 Å². The number of hydrogen-bond acceptors (Lipinski definition) is 4. The highest BCUT2D eigenvalue weighted by atomic mass is 127. The smallest absolute Gasteiger partial charge is 0.242 e. The first-order chi connectivity index (χ1) is 14.1. The van der Waals surface area contributed by atoms with Crippen LogP contribution in [0.3, 0.4) is 0 Å². The topological polar surface area (TPSA) is 104 Å². The summed E-state index contributed by atoms with van der Waals surface area (Å²) in [6.07, 6.45) is 2.06. The Morgan fingerprint density at radius 2 is 1.71 bits per heavy atom. The molecule has 8 nitrogen and oxygen atoms in total. The van der Waals surface area contributed by atoms with Gasteiger partial charge in [-0.15, -0.1) is 24.0 Å². The molecule has 0 bridgehead atoms. The maximum absolute atomic E-state index is 12.1. The molecule has 0 atom stereocenters. The van der Waals surface area contributed by atoms with Gasteiger partial charge in [0.2, 0.25) is 11.8 Å². The summed E-state index contributed by atoms with van der Waals surface area (Å²) in [5, 5.41) is 12.1. The van der Waals surface area contributed by atoms with Gasteiger partial charge in [-0.3, -0.25) is 9.59 Å². The molecule has 1 aromatic carbocycles. The molecule has 0 aromatic heterocycles. The monoisotopic (exact) mass is 545 g/mol. The third kappa shape index (κ3) is 11.8. The summed E-state index contributed by atoms with van der Waals surface area (Å²) in [6, 6.07) is 7.53. The molecule has 4 N–H and O–H groups in total. The standard InChI is InChI=1S/C22H35N5O3.HI/c1-15(2)30-18-10-8-17(9-11-18)26-21(25-14-19(28)27-22(3,4)5)24-13-12-23-20(29)16-6-7-16;/h8-11,15-16H,6-7,12-14H2,1-5H3,(H,23,29)(H,27,28)(H2,24,25,26);1H. The molecule has 1 saturated carbocycles. The normalized spacial score (nSPS) is 13.8. The maximum atomic E-state index is 12.1. The van der Waals surface area contributed by atoms with E-state index in [9.17, 15) is 9.59 Å². The van der Waals surface area contributed by atoms with Gasteiger partial charge in [-0.05, 0) is 71.7 Å². The molecule has 0 spiro atoms. The Hall–Kier alpha value is -2.04. The van der Waals surface area contributed by atoms with Crippen LogP contribution in [0.15, 0.2) is 29.3 Å². The summed E-state index contributed by atoms with van der Waals surface area (Å²) in [6.45, 7) is 10.7. The van der Waals surface area contributed by atoms with E-state index in [4.69, 9.17) is 4.74 Å². The molecule has 31 heavy (non-hydrogen) atoms. The van der Waals surface area contributed by atoms with Crippen LogP contribution in [0.25, 0.3) is 0 Å². The van der Waals surface area contributed by atoms with Crippen molar-refractivity contribution in [1.29, 1.82) is 0 Å². The number of hydrogen-bond donors (Lipinski definition) is 4. The van der Waals surface area contributed by atoms with Gasteiger partial charge in [0.15, 0.2) is 5.96 Å². The molecular weight excluding hydrogens is 509 g/mol. The number of nitrogens with zero attached hydrogens (tertiary/aromatic N) is 1. The van der Waals surface area contributed by atoms with E-state index < -0.39 is 0 Å².